The van der Waals surface area contributed by atoms with Gasteiger partial charge >= 0.3 is 0 Å². The van der Waals surface area contributed by atoms with Gasteiger partial charge in [-0.3, -0.25) is 9.59 Å². The minimum Gasteiger partial charge on any atom is -0.337 e. The molecule has 0 saturated heterocycles. The van der Waals surface area contributed by atoms with Gasteiger partial charge < -0.3 is 10.2 Å². The Morgan fingerprint density at radius 3 is 2.59 bits per heavy atom. The van der Waals surface area contributed by atoms with Crippen LogP contribution in [0.3, 0.4) is 0 Å². The van der Waals surface area contributed by atoms with Crippen LogP contribution in [-0.2, 0) is 9.59 Å². The van der Waals surface area contributed by atoms with Gasteiger partial charge in [0, 0.05) is 24.1 Å². The lowest BCUT2D eigenvalue weighted by Gasteiger charge is -2.15. The minimum atomic E-state index is -0.201. The van der Waals surface area contributed by atoms with Crippen LogP contribution in [0.25, 0.3) is 0 Å². The first kappa shape index (κ1) is 13.7. The van der Waals surface area contributed by atoms with E-state index in [2.05, 4.69) is 21.2 Å². The molecule has 0 spiro atoms. The number of amides is 2. The van der Waals surface area contributed by atoms with E-state index in [1.165, 1.54) is 11.8 Å². The minimum absolute atomic E-state index is 0.0604. The molecule has 2 amide bonds. The number of benzene rings is 1. The summed E-state index contributed by atoms with van der Waals surface area (Å²) in [6.45, 7) is 3.40. The number of likely N-dealkylation sites (N-methyl/N-ethyl adjacent to an activating group) is 1. The fourth-order valence-electron chi connectivity index (χ4n) is 1.28. The maximum atomic E-state index is 11.6. The van der Waals surface area contributed by atoms with Crippen molar-refractivity contribution in [1.82, 2.24) is 4.90 Å². The molecule has 4 nitrogen and oxygen atoms in total. The number of rotatable bonds is 3. The predicted molar refractivity (Wildman–Crippen MR) is 70.8 cm³/mol. The molecule has 0 fully saturated rings. The molecule has 0 unspecified atom stereocenters. The van der Waals surface area contributed by atoms with Crippen molar-refractivity contribution in [3.05, 3.63) is 28.2 Å². The van der Waals surface area contributed by atoms with E-state index < -0.39 is 0 Å². The maximum absolute atomic E-state index is 11.6. The molecule has 1 N–H and O–H groups in total. The second-order valence-electron chi connectivity index (χ2n) is 3.88. The zero-order chi connectivity index (χ0) is 13.0. The summed E-state index contributed by atoms with van der Waals surface area (Å²) in [6.07, 6.45) is 0. The Balaban J connectivity index is 2.65. The van der Waals surface area contributed by atoms with Crippen molar-refractivity contribution in [3.63, 3.8) is 0 Å². The van der Waals surface area contributed by atoms with Crippen LogP contribution in [0.1, 0.15) is 12.5 Å². The van der Waals surface area contributed by atoms with Gasteiger partial charge in [0.05, 0.1) is 6.54 Å². The molecule has 0 aliphatic rings. The van der Waals surface area contributed by atoms with Crippen LogP contribution in [0.5, 0.6) is 0 Å². The number of nitrogens with zero attached hydrogens (tertiary/aromatic N) is 1. The molecule has 0 saturated carbocycles. The molecule has 0 aliphatic heterocycles. The normalized spacial score (nSPS) is 9.88. The summed E-state index contributed by atoms with van der Waals surface area (Å²) < 4.78 is 0.967. The smallest absolute Gasteiger partial charge is 0.243 e. The molecule has 0 bridgehead atoms. The largest absolute Gasteiger partial charge is 0.337 e. The summed E-state index contributed by atoms with van der Waals surface area (Å²) in [5, 5.41) is 2.77. The van der Waals surface area contributed by atoms with Gasteiger partial charge in [-0.1, -0.05) is 15.9 Å². The highest BCUT2D eigenvalue weighted by atomic mass is 79.9. The van der Waals surface area contributed by atoms with Gasteiger partial charge in [-0.25, -0.2) is 0 Å². The standard InChI is InChI=1S/C12H15BrN2O2/c1-8-6-10(13)4-5-11(8)14-12(17)7-15(3)9(2)16/h4-6H,7H2,1-3H3,(H,14,17). The average Bonchev–Trinajstić information content (AvgIpc) is 2.22. The summed E-state index contributed by atoms with van der Waals surface area (Å²) in [6, 6.07) is 5.60. The number of aryl methyl sites for hydroxylation is 1. The third-order valence-electron chi connectivity index (χ3n) is 2.38. The van der Waals surface area contributed by atoms with E-state index in [4.69, 9.17) is 0 Å². The number of anilines is 1. The van der Waals surface area contributed by atoms with E-state index in [-0.39, 0.29) is 18.4 Å². The van der Waals surface area contributed by atoms with Crippen LogP contribution >= 0.6 is 15.9 Å². The Kier molecular flexibility index (Phi) is 4.69. The Labute approximate surface area is 109 Å². The highest BCUT2D eigenvalue weighted by Gasteiger charge is 2.10. The van der Waals surface area contributed by atoms with Crippen molar-refractivity contribution in [3.8, 4) is 0 Å². The molecule has 1 aromatic rings. The van der Waals surface area contributed by atoms with Crippen molar-refractivity contribution in [2.24, 2.45) is 0 Å². The number of halogens is 1. The molecule has 17 heavy (non-hydrogen) atoms. The molecule has 1 rings (SSSR count). The zero-order valence-electron chi connectivity index (χ0n) is 10.1. The van der Waals surface area contributed by atoms with E-state index in [9.17, 15) is 9.59 Å². The molecule has 0 atom stereocenters. The Morgan fingerprint density at radius 2 is 2.06 bits per heavy atom. The van der Waals surface area contributed by atoms with E-state index in [0.717, 1.165) is 15.7 Å². The first-order valence-electron chi connectivity index (χ1n) is 5.18. The number of nitrogens with one attached hydrogen (secondary N) is 1. The molecule has 1 aromatic carbocycles. The van der Waals surface area contributed by atoms with E-state index in [1.54, 1.807) is 7.05 Å². The van der Waals surface area contributed by atoms with Gasteiger partial charge in [0.25, 0.3) is 0 Å². The Morgan fingerprint density at radius 1 is 1.41 bits per heavy atom. The molecule has 0 heterocycles. The van der Waals surface area contributed by atoms with Crippen molar-refractivity contribution in [2.45, 2.75) is 13.8 Å². The Bertz CT molecular complexity index is 446. The molecule has 0 aromatic heterocycles. The van der Waals surface area contributed by atoms with E-state index >= 15 is 0 Å². The maximum Gasteiger partial charge on any atom is 0.243 e. The third-order valence-corrected chi connectivity index (χ3v) is 2.87. The zero-order valence-corrected chi connectivity index (χ0v) is 11.7. The van der Waals surface area contributed by atoms with Crippen LogP contribution in [0.15, 0.2) is 22.7 Å². The van der Waals surface area contributed by atoms with Crippen molar-refractivity contribution in [2.75, 3.05) is 18.9 Å². The van der Waals surface area contributed by atoms with Crippen LogP contribution in [0, 0.1) is 6.92 Å². The third kappa shape index (κ3) is 4.19. The molecular formula is C12H15BrN2O2. The molecule has 92 valence electrons. The van der Waals surface area contributed by atoms with Crippen molar-refractivity contribution >= 4 is 33.4 Å². The van der Waals surface area contributed by atoms with Gasteiger partial charge in [-0.2, -0.15) is 0 Å². The van der Waals surface area contributed by atoms with Crippen LogP contribution in [-0.4, -0.2) is 30.3 Å². The summed E-state index contributed by atoms with van der Waals surface area (Å²) in [5.41, 5.74) is 1.73. The van der Waals surface area contributed by atoms with Gasteiger partial charge in [-0.05, 0) is 30.7 Å². The highest BCUT2D eigenvalue weighted by molar-refractivity contribution is 9.10. The predicted octanol–water partition coefficient (Wildman–Crippen LogP) is 2.17. The van der Waals surface area contributed by atoms with Gasteiger partial charge in [0.1, 0.15) is 0 Å². The summed E-state index contributed by atoms with van der Waals surface area (Å²) in [4.78, 5) is 24.0. The average molecular weight is 299 g/mol. The van der Waals surface area contributed by atoms with E-state index in [1.807, 2.05) is 25.1 Å². The second kappa shape index (κ2) is 5.82. The fraction of sp³-hybridized carbons (Fsp3) is 0.333. The molecule has 5 heteroatoms. The molecular weight excluding hydrogens is 284 g/mol. The Hall–Kier alpha value is -1.36. The van der Waals surface area contributed by atoms with Crippen LogP contribution in [0.4, 0.5) is 5.69 Å². The number of carbonyl (C=O) groups is 2. The molecule has 0 radical (unpaired) electrons. The van der Waals surface area contributed by atoms with E-state index in [0.29, 0.717) is 0 Å². The monoisotopic (exact) mass is 298 g/mol. The summed E-state index contributed by atoms with van der Waals surface area (Å²) in [7, 11) is 1.59. The first-order valence-corrected chi connectivity index (χ1v) is 5.97. The lowest BCUT2D eigenvalue weighted by atomic mass is 10.2. The highest BCUT2D eigenvalue weighted by Crippen LogP contribution is 2.19. The fourth-order valence-corrected chi connectivity index (χ4v) is 1.76. The van der Waals surface area contributed by atoms with Gasteiger partial charge in [0.15, 0.2) is 0 Å². The SMILES string of the molecule is CC(=O)N(C)CC(=O)Nc1ccc(Br)cc1C. The number of carbonyl (C=O) groups excluding carboxylic acids is 2. The molecule has 0 aliphatic carbocycles. The van der Waals surface area contributed by atoms with Crippen LogP contribution in [0.2, 0.25) is 0 Å². The quantitative estimate of drug-likeness (QED) is 0.930. The number of hydrogen-bond donors (Lipinski definition) is 1. The summed E-state index contributed by atoms with van der Waals surface area (Å²) >= 11 is 3.36. The van der Waals surface area contributed by atoms with Crippen molar-refractivity contribution in [1.29, 1.82) is 0 Å². The number of hydrogen-bond acceptors (Lipinski definition) is 2. The lowest BCUT2D eigenvalue weighted by molar-refractivity contribution is -0.131. The van der Waals surface area contributed by atoms with Crippen molar-refractivity contribution < 1.29 is 9.59 Å². The van der Waals surface area contributed by atoms with Crippen LogP contribution < -0.4 is 5.32 Å². The van der Waals surface area contributed by atoms with Gasteiger partial charge in [0.2, 0.25) is 11.8 Å². The van der Waals surface area contributed by atoms with Gasteiger partial charge in [-0.15, -0.1) is 0 Å². The first-order chi connectivity index (χ1) is 7.90. The lowest BCUT2D eigenvalue weighted by Crippen LogP contribution is -2.33. The summed E-state index contributed by atoms with van der Waals surface area (Å²) in [5.74, 6) is -0.333. The second-order valence-corrected chi connectivity index (χ2v) is 4.80. The topological polar surface area (TPSA) is 49.4 Å².